The number of benzene rings is 1. The molecule has 11 heteroatoms. The van der Waals surface area contributed by atoms with Crippen molar-refractivity contribution < 1.29 is 33.0 Å². The second-order valence-corrected chi connectivity index (χ2v) is 9.63. The Balaban J connectivity index is 1.65. The number of nitrogens with zero attached hydrogens (tertiary/aromatic N) is 2. The van der Waals surface area contributed by atoms with Gasteiger partial charge in [0.05, 0.1) is 35.7 Å². The Morgan fingerprint density at radius 1 is 1.21 bits per heavy atom. The Hall–Kier alpha value is -3.73. The molecule has 1 aromatic carbocycles. The van der Waals surface area contributed by atoms with Crippen molar-refractivity contribution in [3.05, 3.63) is 45.5 Å². The van der Waals surface area contributed by atoms with Crippen LogP contribution in [0, 0.1) is 11.7 Å². The number of ketones is 1. The number of aromatic nitrogens is 1. The number of esters is 2. The monoisotopic (exact) mass is 527 g/mol. The number of hydrogen-bond donors (Lipinski definition) is 1. The lowest BCUT2D eigenvalue weighted by atomic mass is 9.96. The lowest BCUT2D eigenvalue weighted by molar-refractivity contribution is -0.158. The van der Waals surface area contributed by atoms with Gasteiger partial charge in [-0.15, -0.1) is 0 Å². The lowest BCUT2D eigenvalue weighted by Crippen LogP contribution is -2.38. The van der Waals surface area contributed by atoms with Crippen LogP contribution in [0.15, 0.2) is 28.7 Å². The number of anilines is 1. The Bertz CT molecular complexity index is 1400. The van der Waals surface area contributed by atoms with Gasteiger partial charge in [0.1, 0.15) is 12.3 Å². The van der Waals surface area contributed by atoms with E-state index >= 15 is 4.39 Å². The highest BCUT2D eigenvalue weighted by Crippen LogP contribution is 2.43. The van der Waals surface area contributed by atoms with Gasteiger partial charge in [0, 0.05) is 25.3 Å². The Kier molecular flexibility index (Phi) is 6.95. The van der Waals surface area contributed by atoms with Crippen LogP contribution >= 0.6 is 0 Å². The highest BCUT2D eigenvalue weighted by molar-refractivity contribution is 6.21. The van der Waals surface area contributed by atoms with E-state index in [0.717, 1.165) is 19.0 Å². The van der Waals surface area contributed by atoms with Crippen LogP contribution in [0.25, 0.3) is 10.9 Å². The van der Waals surface area contributed by atoms with E-state index in [4.69, 9.17) is 14.2 Å². The van der Waals surface area contributed by atoms with E-state index in [0.29, 0.717) is 18.6 Å². The average molecular weight is 528 g/mol. The van der Waals surface area contributed by atoms with E-state index in [1.54, 1.807) is 4.57 Å². The fourth-order valence-corrected chi connectivity index (χ4v) is 5.42. The van der Waals surface area contributed by atoms with Crippen molar-refractivity contribution in [2.24, 2.45) is 5.92 Å². The molecular formula is C27H30FN3O7. The molecule has 0 spiro atoms. The molecule has 1 unspecified atom stereocenters. The number of carbonyl (C=O) groups excluding carboxylic acids is 3. The zero-order valence-electron chi connectivity index (χ0n) is 21.5. The van der Waals surface area contributed by atoms with Crippen molar-refractivity contribution in [2.75, 3.05) is 44.4 Å². The van der Waals surface area contributed by atoms with Gasteiger partial charge in [-0.2, -0.15) is 0 Å². The standard InChI is InChI=1S/C27H30FN3O7/c1-4-36-26(34)20(27(35)37-5-2)24(33)17-11-31-14(3)13-38-25-21(31)16(23(17)32)9-18(28)22(25)30-10-15-7-6-8-29-19(15)12-30/h7,9,11,14,19-20,29H,4-6,8,10,12-13H2,1-3H3/t14-,19?/m0/s1. The zero-order valence-corrected chi connectivity index (χ0v) is 21.5. The Labute approximate surface area is 218 Å². The van der Waals surface area contributed by atoms with E-state index in [1.807, 2.05) is 11.8 Å². The molecule has 0 bridgehead atoms. The Morgan fingerprint density at radius 3 is 2.58 bits per heavy atom. The summed E-state index contributed by atoms with van der Waals surface area (Å²) in [7, 11) is 0. The second-order valence-electron chi connectivity index (χ2n) is 9.63. The molecule has 202 valence electrons. The van der Waals surface area contributed by atoms with Crippen LogP contribution in [0.1, 0.15) is 43.6 Å². The van der Waals surface area contributed by atoms with E-state index in [2.05, 4.69) is 11.4 Å². The molecule has 5 rings (SSSR count). The van der Waals surface area contributed by atoms with Crippen LogP contribution < -0.4 is 20.4 Å². The number of nitrogens with one attached hydrogen (secondary N) is 1. The first-order chi connectivity index (χ1) is 18.3. The molecule has 3 aliphatic heterocycles. The number of carbonyl (C=O) groups is 3. The molecule has 1 saturated heterocycles. The van der Waals surface area contributed by atoms with E-state index in [1.165, 1.54) is 25.6 Å². The number of rotatable bonds is 7. The van der Waals surface area contributed by atoms with E-state index in [9.17, 15) is 19.2 Å². The van der Waals surface area contributed by atoms with Crippen LogP contribution in [-0.4, -0.2) is 67.8 Å². The quantitative estimate of drug-likeness (QED) is 0.250. The van der Waals surface area contributed by atoms with Gasteiger partial charge in [0.25, 0.3) is 0 Å². The SMILES string of the molecule is CCOC(=O)C(C(=O)OCC)C(=O)c1cn2c3c(c(N4CC5=CCCNC5C4)c(F)cc3c1=O)OC[C@@H]2C. The third-order valence-electron chi connectivity index (χ3n) is 7.20. The number of halogens is 1. The summed E-state index contributed by atoms with van der Waals surface area (Å²) in [6, 6.07) is 0.918. The molecule has 1 N–H and O–H groups in total. The fourth-order valence-electron chi connectivity index (χ4n) is 5.42. The van der Waals surface area contributed by atoms with Gasteiger partial charge in [0.15, 0.2) is 22.8 Å². The van der Waals surface area contributed by atoms with E-state index < -0.39 is 40.4 Å². The summed E-state index contributed by atoms with van der Waals surface area (Å²) in [5, 5.41) is 3.37. The molecule has 0 aliphatic carbocycles. The van der Waals surface area contributed by atoms with Gasteiger partial charge < -0.3 is 29.0 Å². The van der Waals surface area contributed by atoms with Crippen LogP contribution in [0.4, 0.5) is 10.1 Å². The molecular weight excluding hydrogens is 497 g/mol. The maximum atomic E-state index is 15.7. The van der Waals surface area contributed by atoms with E-state index in [-0.39, 0.29) is 48.7 Å². The van der Waals surface area contributed by atoms with Gasteiger partial charge in [-0.1, -0.05) is 6.08 Å². The van der Waals surface area contributed by atoms with Crippen LogP contribution in [0.3, 0.4) is 0 Å². The van der Waals surface area contributed by atoms with Gasteiger partial charge >= 0.3 is 11.9 Å². The first kappa shape index (κ1) is 25.9. The van der Waals surface area contributed by atoms with Gasteiger partial charge in [-0.05, 0) is 45.4 Å². The summed E-state index contributed by atoms with van der Waals surface area (Å²) >= 11 is 0. The number of hydrogen-bond acceptors (Lipinski definition) is 9. The molecule has 0 radical (unpaired) electrons. The van der Waals surface area contributed by atoms with Crippen molar-refractivity contribution in [1.82, 2.24) is 9.88 Å². The van der Waals surface area contributed by atoms with Gasteiger partial charge in [0.2, 0.25) is 5.92 Å². The smallest absolute Gasteiger partial charge is 0.328 e. The molecule has 0 saturated carbocycles. The minimum atomic E-state index is -1.96. The number of fused-ring (bicyclic) bond motifs is 1. The van der Waals surface area contributed by atoms with Crippen LogP contribution in [0.5, 0.6) is 5.75 Å². The summed E-state index contributed by atoms with van der Waals surface area (Å²) in [6.07, 6.45) is 4.41. The third-order valence-corrected chi connectivity index (χ3v) is 7.20. The first-order valence-corrected chi connectivity index (χ1v) is 12.9. The molecule has 0 amide bonds. The first-order valence-electron chi connectivity index (χ1n) is 12.9. The number of ether oxygens (including phenoxy) is 3. The second kappa shape index (κ2) is 10.2. The minimum absolute atomic E-state index is 0.0700. The highest BCUT2D eigenvalue weighted by atomic mass is 19.1. The minimum Gasteiger partial charge on any atom is -0.487 e. The molecule has 1 fully saturated rings. The maximum Gasteiger partial charge on any atom is 0.328 e. The molecule has 2 atom stereocenters. The van der Waals surface area contributed by atoms with Crippen LogP contribution in [-0.2, 0) is 19.1 Å². The average Bonchev–Trinajstić information content (AvgIpc) is 3.31. The summed E-state index contributed by atoms with van der Waals surface area (Å²) < 4.78 is 33.3. The zero-order chi connectivity index (χ0) is 27.1. The molecule has 10 nitrogen and oxygen atoms in total. The third kappa shape index (κ3) is 4.24. The largest absolute Gasteiger partial charge is 0.487 e. The highest BCUT2D eigenvalue weighted by Gasteiger charge is 2.40. The maximum absolute atomic E-state index is 15.7. The fraction of sp³-hybridized carbons (Fsp3) is 0.481. The summed E-state index contributed by atoms with van der Waals surface area (Å²) in [4.78, 5) is 54.0. The summed E-state index contributed by atoms with van der Waals surface area (Å²) in [5.41, 5.74) is 0.599. The predicted octanol–water partition coefficient (Wildman–Crippen LogP) is 2.13. The molecule has 3 aliphatic rings. The Morgan fingerprint density at radius 2 is 1.92 bits per heavy atom. The number of pyridine rings is 1. The molecule has 1 aromatic heterocycles. The molecule has 4 heterocycles. The van der Waals surface area contributed by atoms with Crippen LogP contribution in [0.2, 0.25) is 0 Å². The summed E-state index contributed by atoms with van der Waals surface area (Å²) in [6.45, 7) is 6.88. The van der Waals surface area contributed by atoms with Gasteiger partial charge in [-0.25, -0.2) is 4.39 Å². The van der Waals surface area contributed by atoms with Gasteiger partial charge in [-0.3, -0.25) is 19.2 Å². The number of Topliss-reactive ketones (excluding diaryl/α,β-unsaturated/α-hetero) is 1. The molecule has 2 aromatic rings. The van der Waals surface area contributed by atoms with Crippen molar-refractivity contribution >= 4 is 34.3 Å². The predicted molar refractivity (Wildman–Crippen MR) is 136 cm³/mol. The molecule has 38 heavy (non-hydrogen) atoms. The van der Waals surface area contributed by atoms with Crippen molar-refractivity contribution in [2.45, 2.75) is 39.3 Å². The van der Waals surface area contributed by atoms with Crippen molar-refractivity contribution in [1.29, 1.82) is 0 Å². The lowest BCUT2D eigenvalue weighted by Gasteiger charge is -2.31. The van der Waals surface area contributed by atoms with Crippen molar-refractivity contribution in [3.63, 3.8) is 0 Å². The topological polar surface area (TPSA) is 116 Å². The summed E-state index contributed by atoms with van der Waals surface area (Å²) in [5.74, 6) is -5.64. The normalized spacial score (nSPS) is 20.1. The van der Waals surface area contributed by atoms with Crippen molar-refractivity contribution in [3.8, 4) is 5.75 Å².